The average molecular weight is 764 g/mol. The van der Waals surface area contributed by atoms with E-state index >= 15 is 0 Å². The lowest BCUT2D eigenvalue weighted by molar-refractivity contribution is 0.624. The SMILES string of the molecule is CCCCCCCC[P](CC)(CC)CC.CCCCCCCC[P](CCCC)(CCCC)CCCC.CCCC[P](C)(CCCC)CCCC. The third kappa shape index (κ3) is 33.8. The molecule has 0 rings (SSSR count). The van der Waals surface area contributed by atoms with Crippen molar-refractivity contribution < 1.29 is 0 Å². The highest BCUT2D eigenvalue weighted by Crippen LogP contribution is 2.61. The normalized spacial score (nSPS) is 12.0. The van der Waals surface area contributed by atoms with Crippen LogP contribution >= 0.6 is 21.8 Å². The van der Waals surface area contributed by atoms with Crippen molar-refractivity contribution in [2.75, 3.05) is 74.4 Å². The molecule has 309 valence electrons. The van der Waals surface area contributed by atoms with Crippen molar-refractivity contribution in [1.29, 1.82) is 0 Å². The average Bonchev–Trinajstić information content (AvgIpc) is 3.14. The van der Waals surface area contributed by atoms with E-state index < -0.39 is 21.8 Å². The molecule has 3 heteroatoms. The summed E-state index contributed by atoms with van der Waals surface area (Å²) in [6, 6.07) is 0. The molecule has 0 aliphatic rings. The Kier molecular flexibility index (Phi) is 46.1. The van der Waals surface area contributed by atoms with E-state index in [-0.39, 0.29) is 0 Å². The molecule has 0 aliphatic heterocycles. The summed E-state index contributed by atoms with van der Waals surface area (Å²) >= 11 is 0. The van der Waals surface area contributed by atoms with Crippen LogP contribution in [-0.2, 0) is 0 Å². The second-order valence-corrected chi connectivity index (χ2v) is 30.8. The zero-order chi connectivity index (χ0) is 38.2. The first-order valence-corrected chi connectivity index (χ1v) is 31.6. The Hall–Kier alpha value is 1.29. The van der Waals surface area contributed by atoms with Gasteiger partial charge in [-0.25, -0.2) is 0 Å². The smallest absolute Gasteiger partial charge is 0.0359 e. The van der Waals surface area contributed by atoms with Crippen molar-refractivity contribution in [1.82, 2.24) is 0 Å². The van der Waals surface area contributed by atoms with Gasteiger partial charge in [-0.1, -0.05) is 179 Å². The zero-order valence-electron chi connectivity index (χ0n) is 38.1. The molecule has 0 N–H and O–H groups in total. The van der Waals surface area contributed by atoms with Gasteiger partial charge >= 0.3 is 0 Å². The summed E-state index contributed by atoms with van der Waals surface area (Å²) in [5.41, 5.74) is 0. The first-order valence-electron chi connectivity index (χ1n) is 23.7. The van der Waals surface area contributed by atoms with Crippen molar-refractivity contribution >= 4 is 21.8 Å². The van der Waals surface area contributed by atoms with E-state index in [1.165, 1.54) is 173 Å². The van der Waals surface area contributed by atoms with Gasteiger partial charge in [-0.3, -0.25) is 0 Å². The standard InChI is InChI=1S/C20H44P.C14H32P.C13H30P/c1-5-9-13-14-15-16-20-21(17-10-6-2,18-11-7-3)19-12-8-4;1-5-9-10-11-12-13-14-15(6-2,7-3)8-4;1-5-8-11-14(4,12-9-6-2)13-10-7-3/h5-20H2,1-4H3;5-14H2,1-4H3;5-13H2,1-4H3. The monoisotopic (exact) mass is 764 g/mol. The largest absolute Gasteiger partial charge is 0.128 e. The van der Waals surface area contributed by atoms with Crippen LogP contribution in [0.25, 0.3) is 0 Å². The van der Waals surface area contributed by atoms with Crippen LogP contribution in [0, 0.1) is 0 Å². The van der Waals surface area contributed by atoms with E-state index in [1.54, 1.807) is 49.3 Å². The van der Waals surface area contributed by atoms with Gasteiger partial charge in [0.15, 0.2) is 0 Å². The third-order valence-corrected chi connectivity index (χ3v) is 26.6. The summed E-state index contributed by atoms with van der Waals surface area (Å²) in [6.45, 7) is 28.6. The number of hydrogen-bond acceptors (Lipinski definition) is 0. The Balaban J connectivity index is -0.000000682. The van der Waals surface area contributed by atoms with E-state index in [0.717, 1.165) is 0 Å². The Morgan fingerprint density at radius 1 is 0.220 bits per heavy atom. The lowest BCUT2D eigenvalue weighted by Gasteiger charge is -2.37. The fourth-order valence-corrected chi connectivity index (χ4v) is 20.0. The van der Waals surface area contributed by atoms with Crippen molar-refractivity contribution in [2.24, 2.45) is 0 Å². The van der Waals surface area contributed by atoms with Gasteiger partial charge in [-0.15, -0.1) is 21.8 Å². The van der Waals surface area contributed by atoms with Crippen LogP contribution in [0.4, 0.5) is 0 Å². The molecule has 0 aromatic carbocycles. The molecule has 0 nitrogen and oxygen atoms in total. The zero-order valence-corrected chi connectivity index (χ0v) is 40.8. The van der Waals surface area contributed by atoms with Crippen LogP contribution in [0.3, 0.4) is 0 Å². The van der Waals surface area contributed by atoms with Gasteiger partial charge < -0.3 is 0 Å². The minimum absolute atomic E-state index is 0.494. The first kappa shape index (κ1) is 55.6. The van der Waals surface area contributed by atoms with Gasteiger partial charge in [-0.05, 0) is 126 Å². The molecule has 0 unspecified atom stereocenters. The highest BCUT2D eigenvalue weighted by Gasteiger charge is 2.25. The van der Waals surface area contributed by atoms with E-state index in [9.17, 15) is 0 Å². The number of rotatable bonds is 35. The van der Waals surface area contributed by atoms with Gasteiger partial charge in [0.05, 0.1) is 0 Å². The second kappa shape index (κ2) is 41.5. The van der Waals surface area contributed by atoms with Crippen LogP contribution < -0.4 is 0 Å². The Bertz CT molecular complexity index is 562. The van der Waals surface area contributed by atoms with Gasteiger partial charge in [0, 0.05) is 0 Å². The predicted octanol–water partition coefficient (Wildman–Crippen LogP) is 18.2. The Labute approximate surface area is 325 Å². The van der Waals surface area contributed by atoms with Crippen molar-refractivity contribution in [3.05, 3.63) is 0 Å². The predicted molar refractivity (Wildman–Crippen MR) is 253 cm³/mol. The molecule has 0 amide bonds. The molecular formula is C47H106P3. The van der Waals surface area contributed by atoms with Crippen LogP contribution in [0.2, 0.25) is 0 Å². The molecule has 0 saturated heterocycles. The molecule has 3 radical (unpaired) electrons. The van der Waals surface area contributed by atoms with Crippen molar-refractivity contribution in [2.45, 2.75) is 230 Å². The third-order valence-electron chi connectivity index (χ3n) is 12.1. The summed E-state index contributed by atoms with van der Waals surface area (Å²) < 4.78 is 0. The molecule has 0 saturated carbocycles. The minimum atomic E-state index is -0.601. The molecule has 0 fully saturated rings. The summed E-state index contributed by atoms with van der Waals surface area (Å²) in [6.07, 6.45) is 52.0. The number of hydrogen-bond donors (Lipinski definition) is 0. The van der Waals surface area contributed by atoms with Crippen LogP contribution in [0.15, 0.2) is 0 Å². The van der Waals surface area contributed by atoms with E-state index in [4.69, 9.17) is 0 Å². The quantitative estimate of drug-likeness (QED) is 0.0445. The lowest BCUT2D eigenvalue weighted by Crippen LogP contribution is -2.13. The minimum Gasteiger partial charge on any atom is -0.128 e. The Morgan fingerprint density at radius 3 is 0.720 bits per heavy atom. The lowest BCUT2D eigenvalue weighted by atomic mass is 10.1. The van der Waals surface area contributed by atoms with Crippen molar-refractivity contribution in [3.8, 4) is 0 Å². The molecule has 0 bridgehead atoms. The summed E-state index contributed by atoms with van der Waals surface area (Å²) in [7, 11) is -1.61. The summed E-state index contributed by atoms with van der Waals surface area (Å²) in [4.78, 5) is 0. The van der Waals surface area contributed by atoms with Gasteiger partial charge in [0.1, 0.15) is 0 Å². The Morgan fingerprint density at radius 2 is 0.440 bits per heavy atom. The van der Waals surface area contributed by atoms with Gasteiger partial charge in [0.25, 0.3) is 0 Å². The molecule has 0 aromatic heterocycles. The van der Waals surface area contributed by atoms with Crippen molar-refractivity contribution in [3.63, 3.8) is 0 Å². The van der Waals surface area contributed by atoms with E-state index in [0.29, 0.717) is 0 Å². The molecule has 50 heavy (non-hydrogen) atoms. The topological polar surface area (TPSA) is 0 Å². The van der Waals surface area contributed by atoms with Crippen LogP contribution in [0.1, 0.15) is 230 Å². The maximum Gasteiger partial charge on any atom is -0.0359 e. The second-order valence-electron chi connectivity index (χ2n) is 16.7. The first-order chi connectivity index (χ1) is 24.2. The fraction of sp³-hybridized carbons (Fsp3) is 1.00. The molecule has 0 heterocycles. The molecule has 0 aromatic rings. The molecular weight excluding hydrogens is 657 g/mol. The van der Waals surface area contributed by atoms with Crippen LogP contribution in [0.5, 0.6) is 0 Å². The van der Waals surface area contributed by atoms with Gasteiger partial charge in [-0.2, -0.15) is 0 Å². The van der Waals surface area contributed by atoms with E-state index in [2.05, 4.69) is 82.8 Å². The number of unbranched alkanes of at least 4 members (excludes halogenated alkanes) is 16. The highest BCUT2D eigenvalue weighted by molar-refractivity contribution is 7.76. The van der Waals surface area contributed by atoms with Crippen LogP contribution in [-0.4, -0.2) is 74.4 Å². The molecule has 0 aliphatic carbocycles. The summed E-state index contributed by atoms with van der Waals surface area (Å²) in [5, 5.41) is 0. The maximum absolute atomic E-state index is 2.62. The molecule has 0 spiro atoms. The summed E-state index contributed by atoms with van der Waals surface area (Å²) in [5.74, 6) is 0. The van der Waals surface area contributed by atoms with Gasteiger partial charge in [0.2, 0.25) is 0 Å². The molecule has 0 atom stereocenters. The van der Waals surface area contributed by atoms with E-state index in [1.807, 2.05) is 0 Å². The maximum atomic E-state index is 2.62. The highest BCUT2D eigenvalue weighted by atomic mass is 31.2. The fourth-order valence-electron chi connectivity index (χ4n) is 7.71.